The number of pyridine rings is 1. The Morgan fingerprint density at radius 1 is 0.357 bits per heavy atom. The van der Waals surface area contributed by atoms with Gasteiger partial charge >= 0.3 is 0 Å². The molecule has 1 nitrogen and oxygen atoms in total. The predicted molar refractivity (Wildman–Crippen MR) is 117 cm³/mol. The van der Waals surface area contributed by atoms with Crippen LogP contribution in [0.4, 0.5) is 0 Å². The molecule has 0 atom stereocenters. The van der Waals surface area contributed by atoms with Crippen LogP contribution in [0.25, 0.3) is 44.8 Å². The van der Waals surface area contributed by atoms with Crippen molar-refractivity contribution in [2.45, 2.75) is 0 Å². The number of hydrogen-bond donors (Lipinski definition) is 0. The first-order valence-corrected chi connectivity index (χ1v) is 9.49. The summed E-state index contributed by atoms with van der Waals surface area (Å²) in [6, 6.07) is 40.2. The van der Waals surface area contributed by atoms with E-state index in [9.17, 15) is 0 Å². The van der Waals surface area contributed by atoms with Gasteiger partial charge in [0.05, 0.1) is 11.4 Å². The molecule has 0 fully saturated rings. The van der Waals surface area contributed by atoms with E-state index < -0.39 is 0 Å². The fourth-order valence-corrected chi connectivity index (χ4v) is 3.67. The molecule has 1 heteroatoms. The molecule has 3 aromatic rings. The summed E-state index contributed by atoms with van der Waals surface area (Å²) in [5.41, 5.74) is 9.18. The number of benzene rings is 2. The smallest absolute Gasteiger partial charge is 0.0715 e. The maximum absolute atomic E-state index is 4.98. The number of rotatable bonds is 3. The summed E-state index contributed by atoms with van der Waals surface area (Å²) in [7, 11) is 0. The van der Waals surface area contributed by atoms with Gasteiger partial charge in [0.15, 0.2) is 0 Å². The number of fused-ring (bicyclic) bond motifs is 1. The van der Waals surface area contributed by atoms with E-state index in [1.165, 1.54) is 22.3 Å². The number of nitrogens with zero attached hydrogens (tertiary/aromatic N) is 1. The molecule has 1 heterocycles. The quantitative estimate of drug-likeness (QED) is 0.333. The van der Waals surface area contributed by atoms with Crippen LogP contribution in [0.2, 0.25) is 0 Å². The van der Waals surface area contributed by atoms with E-state index in [1.807, 2.05) is 12.1 Å². The zero-order valence-corrected chi connectivity index (χ0v) is 15.4. The van der Waals surface area contributed by atoms with Crippen molar-refractivity contribution >= 4 is 0 Å². The molecule has 0 spiro atoms. The van der Waals surface area contributed by atoms with E-state index in [4.69, 9.17) is 4.98 Å². The van der Waals surface area contributed by atoms with Gasteiger partial charge in [-0.3, -0.25) is 0 Å². The summed E-state index contributed by atoms with van der Waals surface area (Å²) in [5.74, 6) is 0. The van der Waals surface area contributed by atoms with E-state index >= 15 is 0 Å². The molecule has 0 bridgehead atoms. The third-order valence-corrected chi connectivity index (χ3v) is 5.07. The van der Waals surface area contributed by atoms with Gasteiger partial charge in [0, 0.05) is 11.1 Å². The molecule has 2 aliphatic carbocycles. The van der Waals surface area contributed by atoms with Gasteiger partial charge in [0.1, 0.15) is 0 Å². The molecule has 0 amide bonds. The zero-order valence-electron chi connectivity index (χ0n) is 15.4. The van der Waals surface area contributed by atoms with Crippen molar-refractivity contribution in [3.05, 3.63) is 115 Å². The van der Waals surface area contributed by atoms with E-state index in [0.29, 0.717) is 0 Å². The minimum Gasteiger partial charge on any atom is -0.248 e. The molecule has 5 rings (SSSR count). The topological polar surface area (TPSA) is 12.9 Å². The maximum Gasteiger partial charge on any atom is 0.0715 e. The minimum atomic E-state index is 0.992. The third-order valence-electron chi connectivity index (χ3n) is 5.07. The first-order valence-electron chi connectivity index (χ1n) is 9.49. The Morgan fingerprint density at radius 2 is 0.821 bits per heavy atom. The summed E-state index contributed by atoms with van der Waals surface area (Å²) in [5, 5.41) is 0. The lowest BCUT2D eigenvalue weighted by molar-refractivity contribution is 1.32. The lowest BCUT2D eigenvalue weighted by atomic mass is 9.98. The molecule has 0 saturated heterocycles. The highest BCUT2D eigenvalue weighted by Gasteiger charge is 2.13. The molecule has 0 unspecified atom stereocenters. The Kier molecular flexibility index (Phi) is 4.19. The Bertz CT molecular complexity index is 1140. The largest absolute Gasteiger partial charge is 0.248 e. The first-order chi connectivity index (χ1) is 13.9. The van der Waals surface area contributed by atoms with Gasteiger partial charge in [-0.1, -0.05) is 103 Å². The Labute approximate surface area is 165 Å². The van der Waals surface area contributed by atoms with Gasteiger partial charge in [-0.2, -0.15) is 0 Å². The summed E-state index contributed by atoms with van der Waals surface area (Å²) in [6.07, 6.45) is 0. The highest BCUT2D eigenvalue weighted by atomic mass is 14.7. The standard InChI is InChI=1S/C27H19N/c1-5-11-21(12-6-1)26-18-23(19-27(28-26)22-13-7-2-8-14-22)25-17-16-20-10-4-3-9-15-24(20)25/h1-19H. The number of aromatic nitrogens is 1. The normalized spacial score (nSPS) is 10.9. The van der Waals surface area contributed by atoms with Crippen LogP contribution >= 0.6 is 0 Å². The van der Waals surface area contributed by atoms with Crippen LogP contribution in [0.3, 0.4) is 0 Å². The molecule has 1 aromatic heterocycles. The molecule has 132 valence electrons. The summed E-state index contributed by atoms with van der Waals surface area (Å²) >= 11 is 0. The van der Waals surface area contributed by atoms with Gasteiger partial charge in [-0.25, -0.2) is 4.98 Å². The monoisotopic (exact) mass is 357 g/mol. The van der Waals surface area contributed by atoms with Crippen molar-refractivity contribution in [1.82, 2.24) is 4.98 Å². The third kappa shape index (κ3) is 3.08. The van der Waals surface area contributed by atoms with Crippen molar-refractivity contribution in [3.63, 3.8) is 0 Å². The zero-order chi connectivity index (χ0) is 18.8. The highest BCUT2D eigenvalue weighted by Crippen LogP contribution is 2.37. The van der Waals surface area contributed by atoms with Crippen LogP contribution in [0, 0.1) is 0 Å². The first kappa shape index (κ1) is 16.5. The summed E-state index contributed by atoms with van der Waals surface area (Å²) in [4.78, 5) is 4.98. The van der Waals surface area contributed by atoms with Crippen molar-refractivity contribution in [1.29, 1.82) is 0 Å². The van der Waals surface area contributed by atoms with Crippen molar-refractivity contribution < 1.29 is 0 Å². The van der Waals surface area contributed by atoms with Gasteiger partial charge in [0.25, 0.3) is 0 Å². The molecule has 0 saturated carbocycles. The van der Waals surface area contributed by atoms with Crippen molar-refractivity contribution in [2.75, 3.05) is 0 Å². The van der Waals surface area contributed by atoms with E-state index in [2.05, 4.69) is 103 Å². The fourth-order valence-electron chi connectivity index (χ4n) is 3.67. The SMILES string of the molecule is c1ccc(-c2cc(-c3ccc4cccccc3-4)cc(-c3ccccc3)n2)cc1. The minimum absolute atomic E-state index is 0.992. The summed E-state index contributed by atoms with van der Waals surface area (Å²) in [6.45, 7) is 0. The molecule has 2 aliphatic rings. The fraction of sp³-hybridized carbons (Fsp3) is 0. The average Bonchev–Trinajstić information content (AvgIpc) is 3.03. The summed E-state index contributed by atoms with van der Waals surface area (Å²) < 4.78 is 0. The Balaban J connectivity index is 1.74. The van der Waals surface area contributed by atoms with Crippen LogP contribution < -0.4 is 0 Å². The maximum atomic E-state index is 4.98. The van der Waals surface area contributed by atoms with Crippen LogP contribution in [0.5, 0.6) is 0 Å². The van der Waals surface area contributed by atoms with E-state index in [1.54, 1.807) is 0 Å². The molecular weight excluding hydrogens is 338 g/mol. The predicted octanol–water partition coefficient (Wildman–Crippen LogP) is 7.19. The molecule has 0 aliphatic heterocycles. The van der Waals surface area contributed by atoms with Crippen LogP contribution in [0.1, 0.15) is 0 Å². The Hall–Kier alpha value is -3.71. The van der Waals surface area contributed by atoms with Gasteiger partial charge in [-0.15, -0.1) is 0 Å². The molecule has 2 aromatic carbocycles. The molecular formula is C27H19N. The van der Waals surface area contributed by atoms with E-state index in [0.717, 1.165) is 22.5 Å². The van der Waals surface area contributed by atoms with Gasteiger partial charge < -0.3 is 0 Å². The molecule has 0 N–H and O–H groups in total. The van der Waals surface area contributed by atoms with Crippen molar-refractivity contribution in [2.24, 2.45) is 0 Å². The van der Waals surface area contributed by atoms with Crippen LogP contribution in [0.15, 0.2) is 115 Å². The second kappa shape index (κ2) is 7.13. The van der Waals surface area contributed by atoms with E-state index in [-0.39, 0.29) is 0 Å². The molecule has 28 heavy (non-hydrogen) atoms. The lowest BCUT2D eigenvalue weighted by Gasteiger charge is -2.10. The number of hydrogen-bond acceptors (Lipinski definition) is 1. The average molecular weight is 357 g/mol. The lowest BCUT2D eigenvalue weighted by Crippen LogP contribution is -1.91. The van der Waals surface area contributed by atoms with Crippen molar-refractivity contribution in [3.8, 4) is 44.8 Å². The van der Waals surface area contributed by atoms with Crippen LogP contribution in [-0.4, -0.2) is 4.98 Å². The Morgan fingerprint density at radius 3 is 1.39 bits per heavy atom. The second-order valence-corrected chi connectivity index (χ2v) is 6.89. The second-order valence-electron chi connectivity index (χ2n) is 6.89. The molecule has 0 radical (unpaired) electrons. The highest BCUT2D eigenvalue weighted by molar-refractivity contribution is 5.88. The van der Waals surface area contributed by atoms with Gasteiger partial charge in [-0.05, 0) is 34.4 Å². The van der Waals surface area contributed by atoms with Gasteiger partial charge in [0.2, 0.25) is 0 Å². The van der Waals surface area contributed by atoms with Crippen LogP contribution in [-0.2, 0) is 0 Å².